The van der Waals surface area contributed by atoms with Crippen molar-refractivity contribution in [3.8, 4) is 11.3 Å². The van der Waals surface area contributed by atoms with Crippen LogP contribution in [0, 0.1) is 11.2 Å². The summed E-state index contributed by atoms with van der Waals surface area (Å²) in [6.45, 7) is 5.42. The molecule has 158 valence electrons. The molecule has 0 fully saturated rings. The Morgan fingerprint density at radius 3 is 2.43 bits per heavy atom. The van der Waals surface area contributed by atoms with E-state index in [2.05, 4.69) is 10.3 Å². The fourth-order valence-corrected chi connectivity index (χ4v) is 3.20. The number of halogens is 1. The maximum absolute atomic E-state index is 13.3. The number of aromatic nitrogens is 1. The molecule has 3 N–H and O–H groups in total. The van der Waals surface area contributed by atoms with Gasteiger partial charge < -0.3 is 15.5 Å². The summed E-state index contributed by atoms with van der Waals surface area (Å²) in [5.74, 6) is -0.710. The Hall–Kier alpha value is -2.83. The van der Waals surface area contributed by atoms with Gasteiger partial charge in [0.25, 0.3) is 5.91 Å². The number of benzene rings is 2. The largest absolute Gasteiger partial charge is 0.394 e. The highest BCUT2D eigenvalue weighted by atomic mass is 19.1. The zero-order valence-electron chi connectivity index (χ0n) is 17.4. The minimum absolute atomic E-state index is 0.236. The molecular formula is C24H27FN2O3. The van der Waals surface area contributed by atoms with Gasteiger partial charge in [-0.2, -0.15) is 0 Å². The Morgan fingerprint density at radius 1 is 1.13 bits per heavy atom. The molecule has 6 heteroatoms. The summed E-state index contributed by atoms with van der Waals surface area (Å²) in [5.41, 5.74) is 1.92. The lowest BCUT2D eigenvalue weighted by atomic mass is 9.85. The molecule has 0 unspecified atom stereocenters. The van der Waals surface area contributed by atoms with Crippen molar-refractivity contribution in [1.29, 1.82) is 0 Å². The fourth-order valence-electron chi connectivity index (χ4n) is 3.20. The van der Waals surface area contributed by atoms with Gasteiger partial charge in [-0.15, -0.1) is 0 Å². The highest BCUT2D eigenvalue weighted by molar-refractivity contribution is 6.07. The molecule has 0 aliphatic heterocycles. The third-order valence-corrected chi connectivity index (χ3v) is 5.16. The molecule has 0 radical (unpaired) electrons. The molecule has 1 aromatic heterocycles. The average Bonchev–Trinajstić information content (AvgIpc) is 2.72. The van der Waals surface area contributed by atoms with E-state index < -0.39 is 12.1 Å². The van der Waals surface area contributed by atoms with Crippen molar-refractivity contribution in [2.75, 3.05) is 6.61 Å². The standard InChI is InChI=1S/C24H27FN2O3/c1-24(2,3)22(29)12-17(14-28)26-23(30)19-13-21(15-8-10-16(25)11-9-15)27-20-7-5-4-6-18(19)20/h4-11,13,17,22,28-29H,12,14H2,1-3H3,(H,26,30)/t17-,22+/m1/s1. The molecule has 0 bridgehead atoms. The van der Waals surface area contributed by atoms with Crippen molar-refractivity contribution in [3.05, 3.63) is 66.0 Å². The Labute approximate surface area is 175 Å². The van der Waals surface area contributed by atoms with E-state index in [1.54, 1.807) is 18.2 Å². The molecule has 0 aliphatic rings. The number of hydrogen-bond acceptors (Lipinski definition) is 4. The third kappa shape index (κ3) is 5.01. The van der Waals surface area contributed by atoms with Gasteiger partial charge in [0.1, 0.15) is 5.82 Å². The SMILES string of the molecule is CC(C)(C)[C@@H](O)C[C@H](CO)NC(=O)c1cc(-c2ccc(F)cc2)nc2ccccc12. The lowest BCUT2D eigenvalue weighted by Crippen LogP contribution is -2.42. The monoisotopic (exact) mass is 410 g/mol. The molecule has 2 aromatic carbocycles. The molecule has 0 spiro atoms. The quantitative estimate of drug-likeness (QED) is 0.575. The van der Waals surface area contributed by atoms with E-state index in [0.717, 1.165) is 0 Å². The second kappa shape index (κ2) is 8.90. The molecule has 0 aliphatic carbocycles. The van der Waals surface area contributed by atoms with Crippen LogP contribution in [0.2, 0.25) is 0 Å². The first-order valence-corrected chi connectivity index (χ1v) is 9.94. The summed E-state index contributed by atoms with van der Waals surface area (Å²) in [7, 11) is 0. The van der Waals surface area contributed by atoms with E-state index in [9.17, 15) is 19.4 Å². The molecule has 3 rings (SSSR count). The molecule has 5 nitrogen and oxygen atoms in total. The fraction of sp³-hybridized carbons (Fsp3) is 0.333. The number of nitrogens with one attached hydrogen (secondary N) is 1. The van der Waals surface area contributed by atoms with Crippen molar-refractivity contribution >= 4 is 16.8 Å². The van der Waals surface area contributed by atoms with Gasteiger partial charge in [-0.05, 0) is 48.2 Å². The molecule has 30 heavy (non-hydrogen) atoms. The third-order valence-electron chi connectivity index (χ3n) is 5.16. The maximum Gasteiger partial charge on any atom is 0.252 e. The maximum atomic E-state index is 13.3. The summed E-state index contributed by atoms with van der Waals surface area (Å²) < 4.78 is 13.3. The number of hydrogen-bond donors (Lipinski definition) is 3. The van der Waals surface area contributed by atoms with Gasteiger partial charge >= 0.3 is 0 Å². The van der Waals surface area contributed by atoms with Gasteiger partial charge in [0.2, 0.25) is 0 Å². The lowest BCUT2D eigenvalue weighted by Gasteiger charge is -2.29. The molecule has 0 saturated heterocycles. The van der Waals surface area contributed by atoms with Crippen LogP contribution in [0.5, 0.6) is 0 Å². The van der Waals surface area contributed by atoms with Gasteiger partial charge in [-0.1, -0.05) is 39.0 Å². The molecular weight excluding hydrogens is 383 g/mol. The number of amides is 1. The topological polar surface area (TPSA) is 82.5 Å². The number of carbonyl (C=O) groups is 1. The van der Waals surface area contributed by atoms with Crippen molar-refractivity contribution in [2.24, 2.45) is 5.41 Å². The smallest absolute Gasteiger partial charge is 0.252 e. The van der Waals surface area contributed by atoms with E-state index in [0.29, 0.717) is 27.7 Å². The normalized spacial score (nSPS) is 13.8. The van der Waals surface area contributed by atoms with Crippen molar-refractivity contribution < 1.29 is 19.4 Å². The van der Waals surface area contributed by atoms with E-state index in [-0.39, 0.29) is 30.2 Å². The van der Waals surface area contributed by atoms with Crippen LogP contribution >= 0.6 is 0 Å². The predicted octanol–water partition coefficient (Wildman–Crippen LogP) is 3.93. The highest BCUT2D eigenvalue weighted by Gasteiger charge is 2.26. The molecule has 2 atom stereocenters. The zero-order chi connectivity index (χ0) is 21.9. The predicted molar refractivity (Wildman–Crippen MR) is 116 cm³/mol. The van der Waals surface area contributed by atoms with E-state index >= 15 is 0 Å². The van der Waals surface area contributed by atoms with Crippen LogP contribution in [0.4, 0.5) is 4.39 Å². The van der Waals surface area contributed by atoms with Gasteiger partial charge in [-0.3, -0.25) is 4.79 Å². The average molecular weight is 410 g/mol. The second-order valence-corrected chi connectivity index (χ2v) is 8.55. The van der Waals surface area contributed by atoms with E-state index in [1.807, 2.05) is 45.0 Å². The Kier molecular flexibility index (Phi) is 6.48. The first kappa shape index (κ1) is 21.9. The Bertz CT molecular complexity index is 1030. The van der Waals surface area contributed by atoms with Gasteiger partial charge in [0, 0.05) is 10.9 Å². The minimum Gasteiger partial charge on any atom is -0.394 e. The first-order chi connectivity index (χ1) is 14.2. The van der Waals surface area contributed by atoms with Crippen molar-refractivity contribution in [2.45, 2.75) is 39.3 Å². The zero-order valence-corrected chi connectivity index (χ0v) is 17.4. The molecule has 3 aromatic rings. The Balaban J connectivity index is 1.95. The highest BCUT2D eigenvalue weighted by Crippen LogP contribution is 2.26. The number of aliphatic hydroxyl groups is 2. The van der Waals surface area contributed by atoms with Crippen molar-refractivity contribution in [3.63, 3.8) is 0 Å². The number of nitrogens with zero attached hydrogens (tertiary/aromatic N) is 1. The summed E-state index contributed by atoms with van der Waals surface area (Å²) in [6.07, 6.45) is -0.446. The summed E-state index contributed by atoms with van der Waals surface area (Å²) in [6, 6.07) is 14.3. The minimum atomic E-state index is -0.682. The van der Waals surface area contributed by atoms with Crippen LogP contribution in [-0.2, 0) is 0 Å². The summed E-state index contributed by atoms with van der Waals surface area (Å²) in [4.78, 5) is 17.7. The van der Waals surface area contributed by atoms with Crippen LogP contribution in [0.3, 0.4) is 0 Å². The number of carbonyl (C=O) groups excluding carboxylic acids is 1. The Morgan fingerprint density at radius 2 is 1.80 bits per heavy atom. The lowest BCUT2D eigenvalue weighted by molar-refractivity contribution is 0.0383. The first-order valence-electron chi connectivity index (χ1n) is 9.94. The number of pyridine rings is 1. The summed E-state index contributed by atoms with van der Waals surface area (Å²) in [5, 5.41) is 23.6. The van der Waals surface area contributed by atoms with E-state index in [1.165, 1.54) is 12.1 Å². The number of aliphatic hydroxyl groups excluding tert-OH is 2. The van der Waals surface area contributed by atoms with Gasteiger partial charge in [0.15, 0.2) is 0 Å². The molecule has 1 amide bonds. The molecule has 1 heterocycles. The number of para-hydroxylation sites is 1. The second-order valence-electron chi connectivity index (χ2n) is 8.55. The van der Waals surface area contributed by atoms with Gasteiger partial charge in [-0.25, -0.2) is 9.37 Å². The van der Waals surface area contributed by atoms with Crippen LogP contribution < -0.4 is 5.32 Å². The van der Waals surface area contributed by atoms with Crippen molar-refractivity contribution in [1.82, 2.24) is 10.3 Å². The molecule has 0 saturated carbocycles. The summed E-state index contributed by atoms with van der Waals surface area (Å²) >= 11 is 0. The van der Waals surface area contributed by atoms with Crippen LogP contribution in [0.15, 0.2) is 54.6 Å². The van der Waals surface area contributed by atoms with Gasteiger partial charge in [0.05, 0.1) is 35.5 Å². The van der Waals surface area contributed by atoms with Crippen LogP contribution in [0.25, 0.3) is 22.2 Å². The van der Waals surface area contributed by atoms with Crippen LogP contribution in [0.1, 0.15) is 37.6 Å². The number of rotatable bonds is 6. The van der Waals surface area contributed by atoms with Crippen LogP contribution in [-0.4, -0.2) is 39.9 Å². The van der Waals surface area contributed by atoms with E-state index in [4.69, 9.17) is 0 Å². The number of fused-ring (bicyclic) bond motifs is 1.